The Labute approximate surface area is 73.8 Å². The number of nitrogens with one attached hydrogen (secondary N) is 1. The van der Waals surface area contributed by atoms with E-state index >= 15 is 0 Å². The Morgan fingerprint density at radius 3 is 3.25 bits per heavy atom. The molecule has 0 aliphatic carbocycles. The molecular weight excluding hydrogens is 174 g/mol. The molecule has 0 aliphatic heterocycles. The SMILES string of the molecule is COOCc1cc2[nH]ccc2s1. The highest BCUT2D eigenvalue weighted by Gasteiger charge is 2.01. The molecule has 2 rings (SSSR count). The van der Waals surface area contributed by atoms with Crippen molar-refractivity contribution in [1.82, 2.24) is 4.98 Å². The maximum Gasteiger partial charge on any atom is 0.116 e. The molecule has 0 aliphatic rings. The standard InChI is InChI=1S/C8H9NO2S/c1-10-11-5-6-4-7-8(12-6)2-3-9-7/h2-4,9H,5H2,1H3. The second-order valence-corrected chi connectivity index (χ2v) is 3.57. The third-order valence-electron chi connectivity index (χ3n) is 1.60. The Morgan fingerprint density at radius 1 is 1.58 bits per heavy atom. The van der Waals surface area contributed by atoms with Gasteiger partial charge in [0.25, 0.3) is 0 Å². The Bertz CT molecular complexity index is 337. The number of aromatic nitrogens is 1. The summed E-state index contributed by atoms with van der Waals surface area (Å²) in [4.78, 5) is 13.6. The van der Waals surface area contributed by atoms with Crippen molar-refractivity contribution in [3.63, 3.8) is 0 Å². The molecule has 0 bridgehead atoms. The van der Waals surface area contributed by atoms with Crippen LogP contribution in [0.2, 0.25) is 0 Å². The van der Waals surface area contributed by atoms with Crippen LogP contribution >= 0.6 is 11.3 Å². The molecule has 0 saturated heterocycles. The van der Waals surface area contributed by atoms with Gasteiger partial charge in [-0.2, -0.15) is 0 Å². The number of hydrogen-bond acceptors (Lipinski definition) is 3. The van der Waals surface area contributed by atoms with Gasteiger partial charge >= 0.3 is 0 Å². The minimum Gasteiger partial charge on any atom is -0.360 e. The Balaban J connectivity index is 2.21. The number of aromatic amines is 1. The molecule has 0 aromatic carbocycles. The zero-order valence-electron chi connectivity index (χ0n) is 6.66. The smallest absolute Gasteiger partial charge is 0.116 e. The van der Waals surface area contributed by atoms with E-state index in [-0.39, 0.29) is 0 Å². The van der Waals surface area contributed by atoms with E-state index in [0.29, 0.717) is 6.61 Å². The van der Waals surface area contributed by atoms with E-state index in [1.165, 1.54) is 16.7 Å². The van der Waals surface area contributed by atoms with Crippen LogP contribution in [0.4, 0.5) is 0 Å². The summed E-state index contributed by atoms with van der Waals surface area (Å²) in [5, 5.41) is 0. The van der Waals surface area contributed by atoms with Crippen LogP contribution in [0.1, 0.15) is 4.88 Å². The lowest BCUT2D eigenvalue weighted by atomic mass is 10.4. The summed E-state index contributed by atoms with van der Waals surface area (Å²) < 4.78 is 1.25. The highest BCUT2D eigenvalue weighted by molar-refractivity contribution is 7.19. The van der Waals surface area contributed by atoms with Gasteiger partial charge in [0.15, 0.2) is 0 Å². The van der Waals surface area contributed by atoms with E-state index in [1.54, 1.807) is 11.3 Å². The molecule has 2 aromatic heterocycles. The van der Waals surface area contributed by atoms with Crippen LogP contribution in [0.25, 0.3) is 10.2 Å². The van der Waals surface area contributed by atoms with Crippen molar-refractivity contribution in [3.05, 3.63) is 23.2 Å². The summed E-state index contributed by atoms with van der Waals surface area (Å²) in [5.41, 5.74) is 1.16. The van der Waals surface area contributed by atoms with Gasteiger partial charge in [-0.1, -0.05) is 0 Å². The van der Waals surface area contributed by atoms with Crippen LogP contribution in [0.3, 0.4) is 0 Å². The first-order valence-corrected chi connectivity index (χ1v) is 4.43. The summed E-state index contributed by atoms with van der Waals surface area (Å²) in [6.45, 7) is 0.518. The summed E-state index contributed by atoms with van der Waals surface area (Å²) in [6, 6.07) is 4.12. The molecule has 0 amide bonds. The first kappa shape index (κ1) is 7.79. The molecule has 12 heavy (non-hydrogen) atoms. The molecule has 3 nitrogen and oxygen atoms in total. The monoisotopic (exact) mass is 183 g/mol. The molecule has 1 N–H and O–H groups in total. The lowest BCUT2D eigenvalue weighted by Crippen LogP contribution is -1.86. The van der Waals surface area contributed by atoms with Crippen LogP contribution in [0.5, 0.6) is 0 Å². The molecule has 0 fully saturated rings. The third kappa shape index (κ3) is 1.36. The predicted molar refractivity (Wildman–Crippen MR) is 48.0 cm³/mol. The maximum absolute atomic E-state index is 4.82. The van der Waals surface area contributed by atoms with Crippen molar-refractivity contribution in [2.24, 2.45) is 0 Å². The average Bonchev–Trinajstić information content (AvgIpc) is 2.58. The summed E-state index contributed by atoms with van der Waals surface area (Å²) >= 11 is 1.71. The number of rotatable bonds is 3. The first-order chi connectivity index (χ1) is 5.90. The minimum atomic E-state index is 0.518. The molecule has 0 unspecified atom stereocenters. The molecule has 0 spiro atoms. The van der Waals surface area contributed by atoms with Crippen LogP contribution in [0, 0.1) is 0 Å². The van der Waals surface area contributed by atoms with E-state index in [0.717, 1.165) is 5.52 Å². The fraction of sp³-hybridized carbons (Fsp3) is 0.250. The normalized spacial score (nSPS) is 11.1. The van der Waals surface area contributed by atoms with Crippen molar-refractivity contribution < 1.29 is 9.78 Å². The molecular formula is C8H9NO2S. The zero-order valence-corrected chi connectivity index (χ0v) is 7.48. The van der Waals surface area contributed by atoms with Gasteiger partial charge in [-0.3, -0.25) is 0 Å². The molecule has 0 radical (unpaired) electrons. The topological polar surface area (TPSA) is 34.2 Å². The third-order valence-corrected chi connectivity index (χ3v) is 2.68. The predicted octanol–water partition coefficient (Wildman–Crippen LogP) is 2.31. The van der Waals surface area contributed by atoms with Gasteiger partial charge in [-0.25, -0.2) is 9.78 Å². The van der Waals surface area contributed by atoms with Gasteiger partial charge in [0.1, 0.15) is 6.61 Å². The zero-order chi connectivity index (χ0) is 8.39. The molecule has 2 heterocycles. The summed E-state index contributed by atoms with van der Waals surface area (Å²) in [6.07, 6.45) is 1.93. The second-order valence-electron chi connectivity index (χ2n) is 2.40. The van der Waals surface area contributed by atoms with Gasteiger partial charge in [-0.05, 0) is 12.1 Å². The van der Waals surface area contributed by atoms with Crippen LogP contribution in [0.15, 0.2) is 18.3 Å². The first-order valence-electron chi connectivity index (χ1n) is 3.61. The van der Waals surface area contributed by atoms with E-state index in [2.05, 4.69) is 22.0 Å². The average molecular weight is 183 g/mol. The Morgan fingerprint density at radius 2 is 2.50 bits per heavy atom. The highest BCUT2D eigenvalue weighted by Crippen LogP contribution is 2.24. The quantitative estimate of drug-likeness (QED) is 0.585. The lowest BCUT2D eigenvalue weighted by Gasteiger charge is -1.93. The van der Waals surface area contributed by atoms with Crippen molar-refractivity contribution in [1.29, 1.82) is 0 Å². The van der Waals surface area contributed by atoms with Crippen molar-refractivity contribution in [2.75, 3.05) is 7.11 Å². The lowest BCUT2D eigenvalue weighted by molar-refractivity contribution is -0.281. The number of fused-ring (bicyclic) bond motifs is 1. The molecule has 64 valence electrons. The highest BCUT2D eigenvalue weighted by atomic mass is 32.1. The van der Waals surface area contributed by atoms with Gasteiger partial charge < -0.3 is 4.98 Å². The summed E-state index contributed by atoms with van der Waals surface area (Å²) in [5.74, 6) is 0. The van der Waals surface area contributed by atoms with Crippen molar-refractivity contribution in [2.45, 2.75) is 6.61 Å². The number of thiophene rings is 1. The van der Waals surface area contributed by atoms with Crippen LogP contribution in [-0.2, 0) is 16.4 Å². The fourth-order valence-electron chi connectivity index (χ4n) is 1.09. The van der Waals surface area contributed by atoms with E-state index < -0.39 is 0 Å². The van der Waals surface area contributed by atoms with E-state index in [1.807, 2.05) is 6.20 Å². The van der Waals surface area contributed by atoms with Gasteiger partial charge in [-0.15, -0.1) is 11.3 Å². The van der Waals surface area contributed by atoms with Crippen molar-refractivity contribution in [3.8, 4) is 0 Å². The second kappa shape index (κ2) is 3.26. The van der Waals surface area contributed by atoms with Gasteiger partial charge in [0, 0.05) is 11.1 Å². The molecule has 4 heteroatoms. The summed E-state index contributed by atoms with van der Waals surface area (Å²) in [7, 11) is 1.51. The molecule has 0 saturated carbocycles. The van der Waals surface area contributed by atoms with E-state index in [4.69, 9.17) is 4.89 Å². The van der Waals surface area contributed by atoms with E-state index in [9.17, 15) is 0 Å². The maximum atomic E-state index is 4.82. The van der Waals surface area contributed by atoms with Gasteiger partial charge in [0.2, 0.25) is 0 Å². The largest absolute Gasteiger partial charge is 0.360 e. The number of H-pyrrole nitrogens is 1. The Kier molecular flexibility index (Phi) is 2.12. The molecule has 2 aromatic rings. The fourth-order valence-corrected chi connectivity index (χ4v) is 2.02. The molecule has 0 atom stereocenters. The minimum absolute atomic E-state index is 0.518. The Hall–Kier alpha value is -0.840. The van der Waals surface area contributed by atoms with Crippen LogP contribution in [-0.4, -0.2) is 12.1 Å². The van der Waals surface area contributed by atoms with Gasteiger partial charge in [0.05, 0.1) is 17.3 Å². The van der Waals surface area contributed by atoms with Crippen LogP contribution < -0.4 is 0 Å². The number of hydrogen-bond donors (Lipinski definition) is 1. The van der Waals surface area contributed by atoms with Crippen molar-refractivity contribution >= 4 is 21.6 Å².